The second-order valence-electron chi connectivity index (χ2n) is 7.84. The van der Waals surface area contributed by atoms with Crippen LogP contribution in [-0.2, 0) is 0 Å². The summed E-state index contributed by atoms with van der Waals surface area (Å²) in [6, 6.07) is 0.747. The molecule has 0 aromatic carbocycles. The molecule has 2 N–H and O–H groups in total. The van der Waals surface area contributed by atoms with Gasteiger partial charge in [0.15, 0.2) is 0 Å². The summed E-state index contributed by atoms with van der Waals surface area (Å²) >= 11 is 2.02. The lowest BCUT2D eigenvalue weighted by molar-refractivity contribution is 0.247. The Morgan fingerprint density at radius 2 is 1.64 bits per heavy atom. The second-order valence-corrected chi connectivity index (χ2v) is 9.11. The van der Waals surface area contributed by atoms with Crippen LogP contribution in [-0.4, -0.2) is 29.1 Å². The van der Waals surface area contributed by atoms with Crippen LogP contribution in [0.15, 0.2) is 12.2 Å². The van der Waals surface area contributed by atoms with Crippen LogP contribution in [0.2, 0.25) is 0 Å². The van der Waals surface area contributed by atoms with Crippen molar-refractivity contribution in [1.29, 1.82) is 0 Å². The van der Waals surface area contributed by atoms with Crippen LogP contribution < -0.4 is 10.6 Å². The van der Waals surface area contributed by atoms with Gasteiger partial charge < -0.3 is 10.6 Å². The number of carbonyl (C=O) groups is 1. The highest BCUT2D eigenvalue weighted by Gasteiger charge is 2.42. The maximum absolute atomic E-state index is 11.4. The van der Waals surface area contributed by atoms with Gasteiger partial charge in [-0.05, 0) is 32.1 Å². The first-order chi connectivity index (χ1) is 12.2. The van der Waals surface area contributed by atoms with Crippen molar-refractivity contribution in [3.63, 3.8) is 0 Å². The minimum absolute atomic E-state index is 0.0269. The number of thioether (sulfide) groups is 1. The van der Waals surface area contributed by atoms with Crippen LogP contribution >= 0.6 is 11.8 Å². The molecule has 25 heavy (non-hydrogen) atoms. The standard InChI is InChI=1S/C21H38N2OS/c1-3-4-5-6-7-8-9-10-13-17(2)14-11-12-15-19-20-18(16-25-19)22-21(24)23-20/h18-20H,2-16H2,1H3,(H2,22,23,24)/t18-,19-,20-/m0/s1. The Morgan fingerprint density at radius 3 is 2.36 bits per heavy atom. The largest absolute Gasteiger partial charge is 0.332 e. The van der Waals surface area contributed by atoms with Gasteiger partial charge in [0.05, 0.1) is 12.1 Å². The highest BCUT2D eigenvalue weighted by molar-refractivity contribution is 8.00. The molecule has 0 spiro atoms. The van der Waals surface area contributed by atoms with E-state index in [-0.39, 0.29) is 6.03 Å². The van der Waals surface area contributed by atoms with Crippen molar-refractivity contribution in [2.45, 2.75) is 108 Å². The smallest absolute Gasteiger partial charge is 0.315 e. The lowest BCUT2D eigenvalue weighted by Crippen LogP contribution is -2.36. The van der Waals surface area contributed by atoms with E-state index in [1.807, 2.05) is 11.8 Å². The molecular formula is C21H38N2OS. The Labute approximate surface area is 159 Å². The summed E-state index contributed by atoms with van der Waals surface area (Å²) in [5.74, 6) is 1.07. The van der Waals surface area contributed by atoms with E-state index in [2.05, 4.69) is 24.1 Å². The first-order valence-electron chi connectivity index (χ1n) is 10.6. The zero-order chi connectivity index (χ0) is 17.9. The number of urea groups is 1. The highest BCUT2D eigenvalue weighted by atomic mass is 32.2. The van der Waals surface area contributed by atoms with E-state index in [4.69, 9.17) is 0 Å². The molecule has 0 aromatic rings. The Balaban J connectivity index is 1.41. The lowest BCUT2D eigenvalue weighted by Gasteiger charge is -2.16. The average Bonchev–Trinajstić information content (AvgIpc) is 3.13. The minimum Gasteiger partial charge on any atom is -0.332 e. The molecule has 2 saturated heterocycles. The van der Waals surface area contributed by atoms with Crippen LogP contribution in [0.4, 0.5) is 4.79 Å². The molecule has 3 atom stereocenters. The predicted octanol–water partition coefficient (Wildman–Crippen LogP) is 5.80. The molecule has 2 heterocycles. The fourth-order valence-electron chi connectivity index (χ4n) is 4.00. The van der Waals surface area contributed by atoms with Crippen LogP contribution in [0.1, 0.15) is 90.4 Å². The van der Waals surface area contributed by atoms with Crippen molar-refractivity contribution < 1.29 is 4.79 Å². The average molecular weight is 367 g/mol. The molecule has 144 valence electrons. The van der Waals surface area contributed by atoms with Crippen molar-refractivity contribution >= 4 is 17.8 Å². The van der Waals surface area contributed by atoms with Crippen molar-refractivity contribution in [3.8, 4) is 0 Å². The molecule has 0 aromatic heterocycles. The summed E-state index contributed by atoms with van der Waals surface area (Å²) in [4.78, 5) is 11.4. The zero-order valence-corrected chi connectivity index (χ0v) is 17.0. The number of nitrogens with one attached hydrogen (secondary N) is 2. The first-order valence-corrected chi connectivity index (χ1v) is 11.6. The van der Waals surface area contributed by atoms with Crippen LogP contribution in [0.3, 0.4) is 0 Å². The van der Waals surface area contributed by atoms with Crippen LogP contribution in [0, 0.1) is 0 Å². The quantitative estimate of drug-likeness (QED) is 0.232. The Bertz CT molecular complexity index is 413. The number of hydrogen-bond acceptors (Lipinski definition) is 2. The van der Waals surface area contributed by atoms with Gasteiger partial charge >= 0.3 is 6.03 Å². The Kier molecular flexibility index (Phi) is 9.82. The van der Waals surface area contributed by atoms with Gasteiger partial charge in [-0.3, -0.25) is 0 Å². The molecule has 2 aliphatic rings. The molecule has 0 unspecified atom stereocenters. The molecule has 2 fully saturated rings. The van der Waals surface area contributed by atoms with Gasteiger partial charge in [-0.25, -0.2) is 4.79 Å². The summed E-state index contributed by atoms with van der Waals surface area (Å²) in [5, 5.41) is 6.70. The molecule has 2 amide bonds. The van der Waals surface area contributed by atoms with Gasteiger partial charge in [0, 0.05) is 11.0 Å². The number of rotatable bonds is 14. The maximum Gasteiger partial charge on any atom is 0.315 e. The molecule has 0 saturated carbocycles. The fourth-order valence-corrected chi connectivity index (χ4v) is 5.54. The third-order valence-electron chi connectivity index (χ3n) is 5.59. The third-order valence-corrected chi connectivity index (χ3v) is 7.10. The van der Waals surface area contributed by atoms with E-state index < -0.39 is 0 Å². The predicted molar refractivity (Wildman–Crippen MR) is 110 cm³/mol. The fraction of sp³-hybridized carbons (Fsp3) is 0.857. The molecule has 4 heteroatoms. The van der Waals surface area contributed by atoms with Gasteiger partial charge in [0.25, 0.3) is 0 Å². The SMILES string of the molecule is C=C(CCCCCCCCCC)CCCC[C@@H]1SC[C@@H]2NC(=O)N[C@@H]21. The number of hydrogen-bond donors (Lipinski definition) is 2. The van der Waals surface area contributed by atoms with Gasteiger partial charge in [0.2, 0.25) is 0 Å². The van der Waals surface area contributed by atoms with E-state index in [1.54, 1.807) is 0 Å². The number of unbranched alkanes of at least 4 members (excludes halogenated alkanes) is 8. The summed E-state index contributed by atoms with van der Waals surface area (Å²) in [6.45, 7) is 6.55. The summed E-state index contributed by atoms with van der Waals surface area (Å²) in [7, 11) is 0. The van der Waals surface area contributed by atoms with Gasteiger partial charge in [0.1, 0.15) is 0 Å². The van der Waals surface area contributed by atoms with Gasteiger partial charge in [-0.15, -0.1) is 0 Å². The molecule has 0 bridgehead atoms. The van der Waals surface area contributed by atoms with E-state index in [1.165, 1.54) is 89.0 Å². The molecule has 0 radical (unpaired) electrons. The molecule has 0 aliphatic carbocycles. The Morgan fingerprint density at radius 1 is 1.00 bits per heavy atom. The van der Waals surface area contributed by atoms with Crippen molar-refractivity contribution in [3.05, 3.63) is 12.2 Å². The van der Waals surface area contributed by atoms with Crippen LogP contribution in [0.5, 0.6) is 0 Å². The number of fused-ring (bicyclic) bond motifs is 1. The van der Waals surface area contributed by atoms with Crippen molar-refractivity contribution in [1.82, 2.24) is 10.6 Å². The maximum atomic E-state index is 11.4. The second kappa shape index (κ2) is 11.9. The first kappa shape index (κ1) is 20.7. The summed E-state index contributed by atoms with van der Waals surface area (Å²) in [6.07, 6.45) is 17.2. The van der Waals surface area contributed by atoms with Crippen molar-refractivity contribution in [2.75, 3.05) is 5.75 Å². The molecular weight excluding hydrogens is 328 g/mol. The van der Waals surface area contributed by atoms with E-state index in [0.29, 0.717) is 17.3 Å². The van der Waals surface area contributed by atoms with E-state index >= 15 is 0 Å². The van der Waals surface area contributed by atoms with E-state index in [0.717, 1.165) is 5.75 Å². The zero-order valence-electron chi connectivity index (χ0n) is 16.2. The molecule has 2 aliphatic heterocycles. The highest BCUT2D eigenvalue weighted by Crippen LogP contribution is 2.33. The number of carbonyl (C=O) groups excluding carboxylic acids is 1. The summed E-state index contributed by atoms with van der Waals surface area (Å²) < 4.78 is 0. The van der Waals surface area contributed by atoms with Gasteiger partial charge in [-0.1, -0.05) is 70.4 Å². The molecule has 2 rings (SSSR count). The topological polar surface area (TPSA) is 41.1 Å². The van der Waals surface area contributed by atoms with E-state index in [9.17, 15) is 4.79 Å². The number of allylic oxidation sites excluding steroid dienone is 1. The minimum atomic E-state index is 0.0269. The Hall–Kier alpha value is -0.640. The normalized spacial score (nSPS) is 24.8. The number of amides is 2. The monoisotopic (exact) mass is 366 g/mol. The summed E-state index contributed by atoms with van der Waals surface area (Å²) in [5.41, 5.74) is 1.44. The third kappa shape index (κ3) is 7.64. The lowest BCUT2D eigenvalue weighted by atomic mass is 9.99. The van der Waals surface area contributed by atoms with Crippen LogP contribution in [0.25, 0.3) is 0 Å². The van der Waals surface area contributed by atoms with Crippen molar-refractivity contribution in [2.24, 2.45) is 0 Å². The van der Waals surface area contributed by atoms with Gasteiger partial charge in [-0.2, -0.15) is 11.8 Å². The molecule has 3 nitrogen and oxygen atoms in total.